The van der Waals surface area contributed by atoms with Crippen LogP contribution in [-0.4, -0.2) is 0 Å². The van der Waals surface area contributed by atoms with Crippen LogP contribution >= 0.6 is 0 Å². The summed E-state index contributed by atoms with van der Waals surface area (Å²) in [5.41, 5.74) is 2.78. The molecule has 1 atom stereocenters. The van der Waals surface area contributed by atoms with Crippen molar-refractivity contribution in [3.63, 3.8) is 0 Å². The summed E-state index contributed by atoms with van der Waals surface area (Å²) in [6.45, 7) is 12.4. The van der Waals surface area contributed by atoms with Crippen LogP contribution in [0.15, 0.2) is 48.1 Å². The summed E-state index contributed by atoms with van der Waals surface area (Å²) in [6, 6.07) is 0. The van der Waals surface area contributed by atoms with Gasteiger partial charge in [0.2, 0.25) is 0 Å². The van der Waals surface area contributed by atoms with Gasteiger partial charge in [-0.3, -0.25) is 0 Å². The van der Waals surface area contributed by atoms with Crippen molar-refractivity contribution in [2.75, 3.05) is 0 Å². The second kappa shape index (κ2) is 9.21. The van der Waals surface area contributed by atoms with E-state index in [1.54, 1.807) is 0 Å². The van der Waals surface area contributed by atoms with Gasteiger partial charge < -0.3 is 0 Å². The Balaban J connectivity index is 3.78. The van der Waals surface area contributed by atoms with Crippen LogP contribution < -0.4 is 0 Å². The highest BCUT2D eigenvalue weighted by Gasteiger charge is 1.96. The van der Waals surface area contributed by atoms with Gasteiger partial charge in [0.05, 0.1) is 0 Å². The molecular formula is C16H26. The minimum Gasteiger partial charge on any atom is -0.0991 e. The maximum atomic E-state index is 3.71. The van der Waals surface area contributed by atoms with Crippen molar-refractivity contribution in [3.8, 4) is 0 Å². The van der Waals surface area contributed by atoms with Gasteiger partial charge in [-0.1, -0.05) is 55.0 Å². The zero-order valence-corrected chi connectivity index (χ0v) is 11.3. The van der Waals surface area contributed by atoms with E-state index in [0.29, 0.717) is 5.92 Å². The van der Waals surface area contributed by atoms with Gasteiger partial charge in [0.1, 0.15) is 0 Å². The molecule has 0 radical (unpaired) electrons. The molecular weight excluding hydrogens is 192 g/mol. The highest BCUT2D eigenvalue weighted by atomic mass is 14.0. The van der Waals surface area contributed by atoms with Gasteiger partial charge in [0.25, 0.3) is 0 Å². The third kappa shape index (κ3) is 9.51. The van der Waals surface area contributed by atoms with Gasteiger partial charge in [-0.05, 0) is 46.0 Å². The maximum Gasteiger partial charge on any atom is -0.0259 e. The quantitative estimate of drug-likeness (QED) is 0.499. The monoisotopic (exact) mass is 218 g/mol. The number of allylic oxidation sites excluding steroid dienone is 7. The average Bonchev–Trinajstić information content (AvgIpc) is 2.17. The largest absolute Gasteiger partial charge is 0.0991 e. The molecule has 0 saturated heterocycles. The first-order valence-corrected chi connectivity index (χ1v) is 6.16. The molecule has 0 aliphatic heterocycles. The van der Waals surface area contributed by atoms with Crippen molar-refractivity contribution in [3.05, 3.63) is 48.1 Å². The zero-order valence-electron chi connectivity index (χ0n) is 11.3. The van der Waals surface area contributed by atoms with E-state index < -0.39 is 0 Å². The SMILES string of the molecule is C=C/C=C(\C)CCCC(C)/C=C/C=C(C)C. The first-order valence-electron chi connectivity index (χ1n) is 6.16. The van der Waals surface area contributed by atoms with E-state index >= 15 is 0 Å². The summed E-state index contributed by atoms with van der Waals surface area (Å²) in [6.07, 6.45) is 14.3. The fourth-order valence-corrected chi connectivity index (χ4v) is 1.52. The number of rotatable bonds is 7. The van der Waals surface area contributed by atoms with E-state index in [2.05, 4.69) is 58.6 Å². The third-order valence-corrected chi connectivity index (χ3v) is 2.50. The lowest BCUT2D eigenvalue weighted by Gasteiger charge is -2.05. The second-order valence-corrected chi connectivity index (χ2v) is 4.75. The Morgan fingerprint density at radius 1 is 1.19 bits per heavy atom. The number of hydrogen-bond acceptors (Lipinski definition) is 0. The smallest absolute Gasteiger partial charge is 0.0259 e. The van der Waals surface area contributed by atoms with Crippen LogP contribution in [0.4, 0.5) is 0 Å². The molecule has 0 heteroatoms. The molecule has 0 aliphatic carbocycles. The standard InChI is InChI=1S/C16H26/c1-6-9-15(4)12-8-13-16(5)11-7-10-14(2)3/h6-7,9-11,16H,1,8,12-13H2,2-5H3/b11-7+,15-9+. The van der Waals surface area contributed by atoms with Crippen LogP contribution in [-0.2, 0) is 0 Å². The normalized spacial score (nSPS) is 13.9. The topological polar surface area (TPSA) is 0 Å². The molecule has 0 aromatic heterocycles. The third-order valence-electron chi connectivity index (χ3n) is 2.50. The second-order valence-electron chi connectivity index (χ2n) is 4.75. The highest BCUT2D eigenvalue weighted by Crippen LogP contribution is 2.13. The Morgan fingerprint density at radius 2 is 1.88 bits per heavy atom. The lowest BCUT2D eigenvalue weighted by molar-refractivity contribution is 0.605. The fourth-order valence-electron chi connectivity index (χ4n) is 1.52. The fraction of sp³-hybridized carbons (Fsp3) is 0.500. The molecule has 0 nitrogen and oxygen atoms in total. The van der Waals surface area contributed by atoms with Gasteiger partial charge >= 0.3 is 0 Å². The maximum absolute atomic E-state index is 3.71. The molecule has 0 spiro atoms. The minimum atomic E-state index is 0.673. The zero-order chi connectivity index (χ0) is 12.4. The molecule has 1 unspecified atom stereocenters. The molecule has 0 fully saturated rings. The molecule has 16 heavy (non-hydrogen) atoms. The highest BCUT2D eigenvalue weighted by molar-refractivity contribution is 5.09. The van der Waals surface area contributed by atoms with Crippen molar-refractivity contribution in [1.29, 1.82) is 0 Å². The molecule has 0 aromatic carbocycles. The van der Waals surface area contributed by atoms with Crippen molar-refractivity contribution in [1.82, 2.24) is 0 Å². The van der Waals surface area contributed by atoms with Crippen LogP contribution in [0.5, 0.6) is 0 Å². The Bertz CT molecular complexity index is 272. The summed E-state index contributed by atoms with van der Waals surface area (Å²) < 4.78 is 0. The Morgan fingerprint density at radius 3 is 2.44 bits per heavy atom. The molecule has 0 bridgehead atoms. The van der Waals surface area contributed by atoms with Gasteiger partial charge in [-0.2, -0.15) is 0 Å². The predicted octanol–water partition coefficient (Wildman–Crippen LogP) is 5.45. The van der Waals surface area contributed by atoms with Gasteiger partial charge in [0.15, 0.2) is 0 Å². The summed E-state index contributed by atoms with van der Waals surface area (Å²) in [7, 11) is 0. The van der Waals surface area contributed by atoms with E-state index in [1.807, 2.05) is 6.08 Å². The molecule has 0 saturated carbocycles. The van der Waals surface area contributed by atoms with Crippen molar-refractivity contribution in [2.45, 2.75) is 47.0 Å². The van der Waals surface area contributed by atoms with Crippen LogP contribution in [0.2, 0.25) is 0 Å². The van der Waals surface area contributed by atoms with Crippen LogP contribution in [0.1, 0.15) is 47.0 Å². The van der Waals surface area contributed by atoms with Crippen molar-refractivity contribution < 1.29 is 0 Å². The van der Waals surface area contributed by atoms with E-state index in [4.69, 9.17) is 0 Å². The Hall–Kier alpha value is -1.04. The van der Waals surface area contributed by atoms with E-state index in [-0.39, 0.29) is 0 Å². The Labute approximate surface area is 101 Å². The molecule has 0 N–H and O–H groups in total. The lowest BCUT2D eigenvalue weighted by atomic mass is 10.0. The van der Waals surface area contributed by atoms with E-state index in [1.165, 1.54) is 30.4 Å². The summed E-state index contributed by atoms with van der Waals surface area (Å²) in [4.78, 5) is 0. The van der Waals surface area contributed by atoms with Gasteiger partial charge in [-0.25, -0.2) is 0 Å². The van der Waals surface area contributed by atoms with Crippen LogP contribution in [0, 0.1) is 5.92 Å². The summed E-state index contributed by atoms with van der Waals surface area (Å²) in [5.74, 6) is 0.673. The average molecular weight is 218 g/mol. The molecule has 0 heterocycles. The van der Waals surface area contributed by atoms with E-state index in [9.17, 15) is 0 Å². The Kier molecular flexibility index (Phi) is 8.61. The first kappa shape index (κ1) is 15.0. The molecule has 0 amide bonds. The molecule has 90 valence electrons. The lowest BCUT2D eigenvalue weighted by Crippen LogP contribution is -1.89. The summed E-state index contributed by atoms with van der Waals surface area (Å²) in [5, 5.41) is 0. The summed E-state index contributed by atoms with van der Waals surface area (Å²) >= 11 is 0. The van der Waals surface area contributed by atoms with Crippen LogP contribution in [0.25, 0.3) is 0 Å². The predicted molar refractivity (Wildman–Crippen MR) is 75.5 cm³/mol. The number of hydrogen-bond donors (Lipinski definition) is 0. The molecule has 0 rings (SSSR count). The van der Waals surface area contributed by atoms with Gasteiger partial charge in [-0.15, -0.1) is 0 Å². The molecule has 0 aliphatic rings. The molecule has 0 aromatic rings. The van der Waals surface area contributed by atoms with Crippen molar-refractivity contribution in [2.24, 2.45) is 5.92 Å². The first-order chi connectivity index (χ1) is 7.56. The van der Waals surface area contributed by atoms with Gasteiger partial charge in [0, 0.05) is 0 Å². The van der Waals surface area contributed by atoms with Crippen LogP contribution in [0.3, 0.4) is 0 Å². The van der Waals surface area contributed by atoms with E-state index in [0.717, 1.165) is 0 Å². The minimum absolute atomic E-state index is 0.673. The van der Waals surface area contributed by atoms with Crippen molar-refractivity contribution >= 4 is 0 Å².